The second kappa shape index (κ2) is 9.66. The molecule has 166 valence electrons. The van der Waals surface area contributed by atoms with Gasteiger partial charge in [-0.2, -0.15) is 4.98 Å². The van der Waals surface area contributed by atoms with Gasteiger partial charge in [-0.25, -0.2) is 4.98 Å². The van der Waals surface area contributed by atoms with Gasteiger partial charge in [0.15, 0.2) is 0 Å². The van der Waals surface area contributed by atoms with Crippen molar-refractivity contribution in [3.05, 3.63) is 11.2 Å². The molecule has 8 nitrogen and oxygen atoms in total. The van der Waals surface area contributed by atoms with E-state index < -0.39 is 0 Å². The predicted octanol–water partition coefficient (Wildman–Crippen LogP) is 2.68. The van der Waals surface area contributed by atoms with Crippen LogP contribution in [-0.4, -0.2) is 79.0 Å². The summed E-state index contributed by atoms with van der Waals surface area (Å²) in [4.78, 5) is 26.0. The molecule has 0 N–H and O–H groups in total. The molecule has 0 saturated carbocycles. The maximum atomic E-state index is 12.7. The highest BCUT2D eigenvalue weighted by Gasteiger charge is 2.42. The Bertz CT molecular complexity index is 732. The molecule has 9 heteroatoms. The molecule has 3 saturated heterocycles. The molecular formula is C21H31ClN4O4. The molecule has 2 bridgehead atoms. The summed E-state index contributed by atoms with van der Waals surface area (Å²) in [6.07, 6.45) is 6.41. The third-order valence-electron chi connectivity index (χ3n) is 6.46. The van der Waals surface area contributed by atoms with E-state index in [2.05, 4.69) is 19.8 Å². The van der Waals surface area contributed by atoms with Crippen molar-refractivity contribution in [2.75, 3.05) is 38.9 Å². The zero-order valence-corrected chi connectivity index (χ0v) is 18.5. The number of aromatic nitrogens is 2. The Hall–Kier alpha value is -1.64. The number of hydrogen-bond donors (Lipinski definition) is 0. The molecule has 0 aliphatic carbocycles. The van der Waals surface area contributed by atoms with E-state index in [1.165, 1.54) is 6.42 Å². The first-order valence-corrected chi connectivity index (χ1v) is 11.2. The highest BCUT2D eigenvalue weighted by atomic mass is 35.5. The molecule has 0 spiro atoms. The summed E-state index contributed by atoms with van der Waals surface area (Å²) in [5.41, 5.74) is 0. The number of amides is 1. The van der Waals surface area contributed by atoms with Crippen molar-refractivity contribution in [1.82, 2.24) is 14.9 Å². The predicted molar refractivity (Wildman–Crippen MR) is 113 cm³/mol. The zero-order valence-electron chi connectivity index (χ0n) is 17.8. The lowest BCUT2D eigenvalue weighted by molar-refractivity contribution is -0.142. The Kier molecular flexibility index (Phi) is 6.95. The number of carbonyl (C=O) groups excluding carboxylic acids is 1. The van der Waals surface area contributed by atoms with E-state index in [9.17, 15) is 4.79 Å². The van der Waals surface area contributed by atoms with E-state index >= 15 is 0 Å². The van der Waals surface area contributed by atoms with Gasteiger partial charge < -0.3 is 24.0 Å². The monoisotopic (exact) mass is 438 g/mol. The van der Waals surface area contributed by atoms with Crippen LogP contribution in [0.15, 0.2) is 6.07 Å². The van der Waals surface area contributed by atoms with Crippen molar-refractivity contribution in [1.29, 1.82) is 0 Å². The summed E-state index contributed by atoms with van der Waals surface area (Å²) < 4.78 is 16.4. The summed E-state index contributed by atoms with van der Waals surface area (Å²) in [5.74, 6) is 1.26. The van der Waals surface area contributed by atoms with Crippen molar-refractivity contribution in [3.63, 3.8) is 0 Å². The Balaban J connectivity index is 1.46. The molecule has 0 aromatic carbocycles. The number of carbonyl (C=O) groups is 1. The molecule has 3 aliphatic rings. The number of halogens is 1. The topological polar surface area (TPSA) is 77.0 Å². The van der Waals surface area contributed by atoms with Gasteiger partial charge in [0.25, 0.3) is 0 Å². The van der Waals surface area contributed by atoms with Crippen LogP contribution in [0.2, 0.25) is 5.15 Å². The fourth-order valence-electron chi connectivity index (χ4n) is 4.94. The van der Waals surface area contributed by atoms with Gasteiger partial charge in [0.2, 0.25) is 17.7 Å². The van der Waals surface area contributed by atoms with Gasteiger partial charge in [-0.3, -0.25) is 4.79 Å². The van der Waals surface area contributed by atoms with Gasteiger partial charge in [0.05, 0.1) is 26.2 Å². The van der Waals surface area contributed by atoms with Crippen LogP contribution in [0.25, 0.3) is 0 Å². The minimum absolute atomic E-state index is 0.00910. The molecule has 3 aliphatic heterocycles. The van der Waals surface area contributed by atoms with Gasteiger partial charge in [-0.05, 0) is 32.1 Å². The first kappa shape index (κ1) is 21.6. The van der Waals surface area contributed by atoms with E-state index in [-0.39, 0.29) is 30.1 Å². The minimum atomic E-state index is 0.00910. The average molecular weight is 439 g/mol. The summed E-state index contributed by atoms with van der Waals surface area (Å²) >= 11 is 6.27. The van der Waals surface area contributed by atoms with E-state index in [0.717, 1.165) is 32.1 Å². The number of rotatable bonds is 7. The fourth-order valence-corrected chi connectivity index (χ4v) is 5.11. The van der Waals surface area contributed by atoms with Gasteiger partial charge in [0, 0.05) is 44.8 Å². The summed E-state index contributed by atoms with van der Waals surface area (Å²) in [7, 11) is 3.65. The quantitative estimate of drug-likeness (QED) is 0.605. The molecule has 0 unspecified atom stereocenters. The number of hydrogen-bond acceptors (Lipinski definition) is 7. The van der Waals surface area contributed by atoms with Crippen LogP contribution in [-0.2, 0) is 14.3 Å². The van der Waals surface area contributed by atoms with Crippen molar-refractivity contribution in [2.45, 2.75) is 69.2 Å². The molecule has 1 amide bonds. The van der Waals surface area contributed by atoms with Crippen LogP contribution in [0.5, 0.6) is 5.88 Å². The van der Waals surface area contributed by atoms with E-state index in [1.807, 2.05) is 7.05 Å². The zero-order chi connectivity index (χ0) is 21.1. The van der Waals surface area contributed by atoms with E-state index in [1.54, 1.807) is 13.2 Å². The smallest absolute Gasteiger partial charge is 0.230 e. The molecule has 4 atom stereocenters. The number of piperidine rings is 2. The van der Waals surface area contributed by atoms with E-state index in [4.69, 9.17) is 25.8 Å². The van der Waals surface area contributed by atoms with Crippen LogP contribution in [0.1, 0.15) is 44.9 Å². The number of nitrogens with zero attached hydrogens (tertiary/aromatic N) is 4. The van der Waals surface area contributed by atoms with Crippen LogP contribution in [0.3, 0.4) is 0 Å². The first-order valence-electron chi connectivity index (χ1n) is 10.9. The lowest BCUT2D eigenvalue weighted by Gasteiger charge is -2.50. The van der Waals surface area contributed by atoms with Crippen molar-refractivity contribution in [2.24, 2.45) is 0 Å². The summed E-state index contributed by atoms with van der Waals surface area (Å²) in [6.45, 7) is 1.76. The fraction of sp³-hybridized carbons (Fsp3) is 0.762. The molecule has 1 aromatic heterocycles. The Morgan fingerprint density at radius 3 is 2.73 bits per heavy atom. The average Bonchev–Trinajstić information content (AvgIpc) is 3.23. The molecular weight excluding hydrogens is 408 g/mol. The third-order valence-corrected chi connectivity index (χ3v) is 6.65. The maximum absolute atomic E-state index is 12.7. The first-order chi connectivity index (χ1) is 14.5. The second-order valence-electron chi connectivity index (χ2n) is 8.45. The lowest BCUT2D eigenvalue weighted by atomic mass is 9.81. The van der Waals surface area contributed by atoms with Crippen LogP contribution < -0.4 is 9.64 Å². The third kappa shape index (κ3) is 4.81. The number of methoxy groups -OCH3 is 1. The Labute approximate surface area is 182 Å². The molecule has 1 aromatic rings. The molecule has 4 heterocycles. The van der Waals surface area contributed by atoms with Gasteiger partial charge in [-0.1, -0.05) is 11.6 Å². The van der Waals surface area contributed by atoms with Gasteiger partial charge in [-0.15, -0.1) is 0 Å². The number of fused-ring (bicyclic) bond motifs is 2. The highest BCUT2D eigenvalue weighted by molar-refractivity contribution is 6.29. The van der Waals surface area contributed by atoms with Crippen molar-refractivity contribution in [3.8, 4) is 5.88 Å². The second-order valence-corrected chi connectivity index (χ2v) is 8.84. The normalized spacial score (nSPS) is 28.4. The van der Waals surface area contributed by atoms with Gasteiger partial charge >= 0.3 is 0 Å². The molecule has 0 radical (unpaired) electrons. The Morgan fingerprint density at radius 2 is 2.07 bits per heavy atom. The molecule has 30 heavy (non-hydrogen) atoms. The summed E-state index contributed by atoms with van der Waals surface area (Å²) in [5, 5.41) is 0.369. The molecule has 4 rings (SSSR count). The molecule has 3 fully saturated rings. The van der Waals surface area contributed by atoms with Gasteiger partial charge in [0.1, 0.15) is 11.3 Å². The van der Waals surface area contributed by atoms with Crippen LogP contribution in [0.4, 0.5) is 5.95 Å². The number of anilines is 1. The van der Waals surface area contributed by atoms with Crippen LogP contribution in [0, 0.1) is 0 Å². The Morgan fingerprint density at radius 1 is 1.30 bits per heavy atom. The summed E-state index contributed by atoms with van der Waals surface area (Å²) in [6, 6.07) is 2.44. The lowest BCUT2D eigenvalue weighted by Crippen LogP contribution is -2.58. The van der Waals surface area contributed by atoms with Crippen molar-refractivity contribution >= 4 is 23.5 Å². The maximum Gasteiger partial charge on any atom is 0.230 e. The number of ether oxygens (including phenoxy) is 3. The minimum Gasteiger partial charge on any atom is -0.472 e. The van der Waals surface area contributed by atoms with E-state index in [0.29, 0.717) is 43.2 Å². The van der Waals surface area contributed by atoms with Crippen molar-refractivity contribution < 1.29 is 19.0 Å². The largest absolute Gasteiger partial charge is 0.472 e. The SMILES string of the molecule is COCCC(=O)N1[C@@H]2CCC[C@H]1C[C@H](N(C)c1nc(Cl)cc(O[C@H]3CCOC3)n1)C2. The highest BCUT2D eigenvalue weighted by Crippen LogP contribution is 2.37. The van der Waals surface area contributed by atoms with Crippen LogP contribution >= 0.6 is 11.6 Å². The standard InChI is InChI=1S/C21H31ClN4O4/c1-25(21-23-18(22)12-19(24-21)30-17-6-9-29-13-17)16-10-14-4-3-5-15(11-16)26(14)20(27)7-8-28-2/h12,14-17H,3-11,13H2,1-2H3/t14-,15+,16-,17-/m0/s1.